The summed E-state index contributed by atoms with van der Waals surface area (Å²) in [6, 6.07) is 5.86. The number of rotatable bonds is 3. The van der Waals surface area contributed by atoms with Crippen LogP contribution in [-0.4, -0.2) is 16.9 Å². The zero-order valence-electron chi connectivity index (χ0n) is 11.7. The van der Waals surface area contributed by atoms with Gasteiger partial charge < -0.3 is 5.11 Å². The van der Waals surface area contributed by atoms with Crippen LogP contribution >= 0.6 is 0 Å². The summed E-state index contributed by atoms with van der Waals surface area (Å²) < 4.78 is 0. The number of benzene rings is 1. The first-order valence-electron chi connectivity index (χ1n) is 6.68. The molecule has 1 aliphatic carbocycles. The van der Waals surface area contributed by atoms with E-state index in [1.54, 1.807) is 13.8 Å². The van der Waals surface area contributed by atoms with E-state index >= 15 is 0 Å². The predicted molar refractivity (Wildman–Crippen MR) is 73.5 cm³/mol. The van der Waals surface area contributed by atoms with Crippen LogP contribution in [0.3, 0.4) is 0 Å². The zero-order chi connectivity index (χ0) is 14.2. The van der Waals surface area contributed by atoms with Crippen LogP contribution in [0.4, 0.5) is 0 Å². The van der Waals surface area contributed by atoms with Crippen LogP contribution < -0.4 is 0 Å². The lowest BCUT2D eigenvalue weighted by atomic mass is 9.73. The summed E-state index contributed by atoms with van der Waals surface area (Å²) in [5, 5.41) is 9.26. The van der Waals surface area contributed by atoms with E-state index in [9.17, 15) is 14.7 Å². The Hall–Kier alpha value is -1.64. The first-order chi connectivity index (χ1) is 8.81. The lowest BCUT2D eigenvalue weighted by Gasteiger charge is -2.30. The highest BCUT2D eigenvalue weighted by molar-refractivity contribution is 5.98. The number of aliphatic carboxylic acids is 1. The number of carbonyl (C=O) groups is 2. The zero-order valence-corrected chi connectivity index (χ0v) is 11.7. The van der Waals surface area contributed by atoms with Crippen molar-refractivity contribution in [3.63, 3.8) is 0 Å². The van der Waals surface area contributed by atoms with Gasteiger partial charge in [0.1, 0.15) is 0 Å². The van der Waals surface area contributed by atoms with E-state index in [4.69, 9.17) is 0 Å². The number of hydrogen-bond acceptors (Lipinski definition) is 2. The topological polar surface area (TPSA) is 54.4 Å². The van der Waals surface area contributed by atoms with Gasteiger partial charge in [-0.25, -0.2) is 0 Å². The van der Waals surface area contributed by atoms with E-state index < -0.39 is 11.4 Å². The van der Waals surface area contributed by atoms with Gasteiger partial charge in [-0.15, -0.1) is 0 Å². The van der Waals surface area contributed by atoms with Crippen LogP contribution in [0.2, 0.25) is 0 Å². The summed E-state index contributed by atoms with van der Waals surface area (Å²) in [7, 11) is 0. The van der Waals surface area contributed by atoms with Gasteiger partial charge in [0.25, 0.3) is 0 Å². The number of aryl methyl sites for hydroxylation is 1. The Labute approximate surface area is 113 Å². The third-order valence-corrected chi connectivity index (χ3v) is 4.00. The van der Waals surface area contributed by atoms with E-state index in [2.05, 4.69) is 0 Å². The van der Waals surface area contributed by atoms with E-state index in [1.165, 1.54) is 0 Å². The molecule has 102 valence electrons. The van der Waals surface area contributed by atoms with Crippen molar-refractivity contribution in [3.8, 4) is 0 Å². The maximum atomic E-state index is 11.9. The molecule has 1 N–H and O–H groups in total. The van der Waals surface area contributed by atoms with Gasteiger partial charge in [0, 0.05) is 12.0 Å². The maximum absolute atomic E-state index is 11.9. The Morgan fingerprint density at radius 1 is 1.42 bits per heavy atom. The van der Waals surface area contributed by atoms with Crippen LogP contribution in [-0.2, 0) is 4.79 Å². The number of carboxylic acid groups (broad SMARTS) is 1. The molecule has 1 unspecified atom stereocenters. The quantitative estimate of drug-likeness (QED) is 0.904. The summed E-state index contributed by atoms with van der Waals surface area (Å²) in [5.74, 6) is -0.434. The molecular formula is C16H20O3. The van der Waals surface area contributed by atoms with Crippen LogP contribution in [0.15, 0.2) is 18.2 Å². The molecule has 1 atom stereocenters. The average molecular weight is 260 g/mol. The number of carboxylic acids is 1. The highest BCUT2D eigenvalue weighted by Crippen LogP contribution is 2.40. The van der Waals surface area contributed by atoms with Gasteiger partial charge in [0.2, 0.25) is 0 Å². The van der Waals surface area contributed by atoms with Crippen LogP contribution in [0, 0.1) is 12.3 Å². The van der Waals surface area contributed by atoms with Crippen LogP contribution in [0.1, 0.15) is 60.5 Å². The normalized spacial score (nSPS) is 19.1. The minimum Gasteiger partial charge on any atom is -0.481 e. The summed E-state index contributed by atoms with van der Waals surface area (Å²) in [6.45, 7) is 5.50. The molecule has 0 aliphatic heterocycles. The smallest absolute Gasteiger partial charge is 0.309 e. The first kappa shape index (κ1) is 13.8. The van der Waals surface area contributed by atoms with Gasteiger partial charge in [-0.3, -0.25) is 9.59 Å². The van der Waals surface area contributed by atoms with Crippen molar-refractivity contribution in [2.75, 3.05) is 0 Å². The van der Waals surface area contributed by atoms with Gasteiger partial charge in [-0.05, 0) is 45.1 Å². The number of fused-ring (bicyclic) bond motifs is 1. The minimum absolute atomic E-state index is 0.165. The molecule has 3 nitrogen and oxygen atoms in total. The molecule has 1 aromatic rings. The largest absolute Gasteiger partial charge is 0.481 e. The fraction of sp³-hybridized carbons (Fsp3) is 0.500. The predicted octanol–water partition coefficient (Wildman–Crippen LogP) is 3.56. The number of carbonyl (C=O) groups excluding carboxylic acids is 1. The molecule has 0 amide bonds. The summed E-state index contributed by atoms with van der Waals surface area (Å²) in [5.41, 5.74) is 2.17. The van der Waals surface area contributed by atoms with Gasteiger partial charge in [0.15, 0.2) is 5.78 Å². The van der Waals surface area contributed by atoms with E-state index in [-0.39, 0.29) is 11.7 Å². The Bertz CT molecular complexity index is 529. The van der Waals surface area contributed by atoms with Crippen molar-refractivity contribution in [2.24, 2.45) is 5.41 Å². The third kappa shape index (κ3) is 2.70. The highest BCUT2D eigenvalue weighted by atomic mass is 16.4. The van der Waals surface area contributed by atoms with Crippen molar-refractivity contribution in [2.45, 2.75) is 46.0 Å². The molecule has 0 aromatic heterocycles. The van der Waals surface area contributed by atoms with E-state index in [0.29, 0.717) is 12.8 Å². The molecular weight excluding hydrogens is 240 g/mol. The third-order valence-electron chi connectivity index (χ3n) is 4.00. The van der Waals surface area contributed by atoms with Gasteiger partial charge in [-0.1, -0.05) is 23.8 Å². The standard InChI is InChI=1S/C16H20O3/c1-10-4-6-12-13(8-10)11(5-7-14(12)17)9-16(2,3)15(18)19/h4,6,8,11H,5,7,9H2,1-3H3,(H,18,19). The number of hydrogen-bond donors (Lipinski definition) is 1. The monoisotopic (exact) mass is 260 g/mol. The molecule has 0 radical (unpaired) electrons. The van der Waals surface area contributed by atoms with Crippen molar-refractivity contribution in [1.82, 2.24) is 0 Å². The lowest BCUT2D eigenvalue weighted by Crippen LogP contribution is -2.28. The molecule has 3 heteroatoms. The molecule has 0 fully saturated rings. The summed E-state index contributed by atoms with van der Waals surface area (Å²) in [6.07, 6.45) is 1.86. The second-order valence-electron chi connectivity index (χ2n) is 6.14. The molecule has 1 aromatic carbocycles. The van der Waals surface area contributed by atoms with Crippen molar-refractivity contribution >= 4 is 11.8 Å². The Morgan fingerprint density at radius 3 is 2.74 bits per heavy atom. The van der Waals surface area contributed by atoms with Crippen molar-refractivity contribution in [1.29, 1.82) is 0 Å². The molecule has 0 bridgehead atoms. The fourth-order valence-electron chi connectivity index (χ4n) is 2.78. The summed E-state index contributed by atoms with van der Waals surface area (Å²) in [4.78, 5) is 23.2. The van der Waals surface area contributed by atoms with Crippen LogP contribution in [0.25, 0.3) is 0 Å². The first-order valence-corrected chi connectivity index (χ1v) is 6.68. The van der Waals surface area contributed by atoms with Crippen molar-refractivity contribution < 1.29 is 14.7 Å². The highest BCUT2D eigenvalue weighted by Gasteiger charge is 2.34. The SMILES string of the molecule is Cc1ccc2c(c1)C(CC(C)(C)C(=O)O)CCC2=O. The molecule has 0 saturated heterocycles. The molecule has 1 aliphatic rings. The van der Waals surface area contributed by atoms with Gasteiger partial charge >= 0.3 is 5.97 Å². The Balaban J connectivity index is 2.35. The second-order valence-corrected chi connectivity index (χ2v) is 6.14. The molecule has 19 heavy (non-hydrogen) atoms. The maximum Gasteiger partial charge on any atom is 0.309 e. The van der Waals surface area contributed by atoms with E-state index in [0.717, 1.165) is 23.1 Å². The second kappa shape index (κ2) is 4.80. The lowest BCUT2D eigenvalue weighted by molar-refractivity contribution is -0.147. The molecule has 0 spiro atoms. The van der Waals surface area contributed by atoms with Gasteiger partial charge in [0.05, 0.1) is 5.41 Å². The van der Waals surface area contributed by atoms with Gasteiger partial charge in [-0.2, -0.15) is 0 Å². The molecule has 0 saturated carbocycles. The minimum atomic E-state index is -0.779. The van der Waals surface area contributed by atoms with Crippen LogP contribution in [0.5, 0.6) is 0 Å². The van der Waals surface area contributed by atoms with E-state index in [1.807, 2.05) is 25.1 Å². The van der Waals surface area contributed by atoms with Crippen molar-refractivity contribution in [3.05, 3.63) is 34.9 Å². The number of Topliss-reactive ketones (excluding diaryl/α,β-unsaturated/α-hetero) is 1. The fourth-order valence-corrected chi connectivity index (χ4v) is 2.78. The molecule has 0 heterocycles. The Morgan fingerprint density at radius 2 is 2.11 bits per heavy atom. The summed E-state index contributed by atoms with van der Waals surface area (Å²) >= 11 is 0. The molecule has 2 rings (SSSR count). The average Bonchev–Trinajstić information content (AvgIpc) is 2.32. The number of ketones is 1. The Kier molecular flexibility index (Phi) is 3.48.